The van der Waals surface area contributed by atoms with Gasteiger partial charge in [0.05, 0.1) is 0 Å². The average molecular weight is 176 g/mol. The second-order valence-corrected chi connectivity index (χ2v) is 2.58. The van der Waals surface area contributed by atoms with Crippen molar-refractivity contribution in [3.05, 3.63) is 29.8 Å². The van der Waals surface area contributed by atoms with E-state index in [1.807, 2.05) is 18.2 Å². The van der Waals surface area contributed by atoms with Crippen LogP contribution in [-0.2, 0) is 4.79 Å². The van der Waals surface area contributed by atoms with Crippen molar-refractivity contribution in [2.45, 2.75) is 0 Å². The fourth-order valence-electron chi connectivity index (χ4n) is 1.23. The van der Waals surface area contributed by atoms with Crippen molar-refractivity contribution in [2.24, 2.45) is 0 Å². The molecule has 66 valence electrons. The van der Waals surface area contributed by atoms with Crippen LogP contribution in [0.1, 0.15) is 5.56 Å². The van der Waals surface area contributed by atoms with Gasteiger partial charge in [0, 0.05) is 5.56 Å². The third-order valence-corrected chi connectivity index (χ3v) is 1.78. The Morgan fingerprint density at radius 1 is 1.31 bits per heavy atom. The van der Waals surface area contributed by atoms with Crippen molar-refractivity contribution in [3.63, 3.8) is 0 Å². The van der Waals surface area contributed by atoms with Gasteiger partial charge in [0.2, 0.25) is 6.79 Å². The highest BCUT2D eigenvalue weighted by molar-refractivity contribution is 5.76. The zero-order valence-electron chi connectivity index (χ0n) is 6.90. The van der Waals surface area contributed by atoms with Gasteiger partial charge in [-0.05, 0) is 18.2 Å². The third-order valence-electron chi connectivity index (χ3n) is 1.78. The molecule has 0 spiro atoms. The maximum atomic E-state index is 10.1. The number of hydrogen-bond acceptors (Lipinski definition) is 3. The van der Waals surface area contributed by atoms with E-state index in [2.05, 4.69) is 0 Å². The van der Waals surface area contributed by atoms with Crippen LogP contribution in [0.15, 0.2) is 24.3 Å². The van der Waals surface area contributed by atoms with E-state index in [1.54, 1.807) is 6.08 Å². The lowest BCUT2D eigenvalue weighted by molar-refractivity contribution is -0.104. The predicted octanol–water partition coefficient (Wildman–Crippen LogP) is 1.63. The van der Waals surface area contributed by atoms with Crippen molar-refractivity contribution >= 4 is 12.4 Å². The van der Waals surface area contributed by atoms with E-state index in [-0.39, 0.29) is 6.79 Å². The number of hydrogen-bond donors (Lipinski definition) is 0. The summed E-state index contributed by atoms with van der Waals surface area (Å²) in [6, 6.07) is 5.56. The van der Waals surface area contributed by atoms with Gasteiger partial charge in [0.15, 0.2) is 11.5 Å². The molecule has 2 rings (SSSR count). The van der Waals surface area contributed by atoms with Gasteiger partial charge in [0.25, 0.3) is 0 Å². The van der Waals surface area contributed by atoms with Crippen molar-refractivity contribution in [1.29, 1.82) is 0 Å². The predicted molar refractivity (Wildman–Crippen MR) is 47.7 cm³/mol. The minimum atomic E-state index is 0.251. The third kappa shape index (κ3) is 1.40. The van der Waals surface area contributed by atoms with E-state index in [4.69, 9.17) is 9.47 Å². The van der Waals surface area contributed by atoms with Crippen LogP contribution < -0.4 is 9.47 Å². The van der Waals surface area contributed by atoms with Crippen LogP contribution in [-0.4, -0.2) is 13.1 Å². The highest BCUT2D eigenvalue weighted by Crippen LogP contribution is 2.35. The quantitative estimate of drug-likeness (QED) is 0.507. The topological polar surface area (TPSA) is 35.5 Å². The van der Waals surface area contributed by atoms with E-state index < -0.39 is 0 Å². The molecule has 0 aliphatic carbocycles. The van der Waals surface area contributed by atoms with Crippen molar-refractivity contribution in [2.75, 3.05) is 6.79 Å². The number of carbonyl (C=O) groups excluding carboxylic acids is 1. The lowest BCUT2D eigenvalue weighted by atomic mass is 10.2. The van der Waals surface area contributed by atoms with Crippen LogP contribution in [0.2, 0.25) is 0 Å². The molecule has 3 nitrogen and oxygen atoms in total. The standard InChI is InChI=1S/C10H8O3/c11-6-2-4-8-3-1-5-9-10(8)13-7-12-9/h1-6H,7H2. The summed E-state index contributed by atoms with van der Waals surface area (Å²) in [5.74, 6) is 1.44. The molecule has 1 aliphatic heterocycles. The Kier molecular flexibility index (Phi) is 2.00. The average Bonchev–Trinajstić information content (AvgIpc) is 2.62. The largest absolute Gasteiger partial charge is 0.454 e. The van der Waals surface area contributed by atoms with Crippen LogP contribution in [0.25, 0.3) is 6.08 Å². The number of aldehydes is 1. The molecule has 0 bridgehead atoms. The molecule has 0 radical (unpaired) electrons. The van der Waals surface area contributed by atoms with Crippen LogP contribution in [0.5, 0.6) is 11.5 Å². The lowest BCUT2D eigenvalue weighted by Gasteiger charge is -1.98. The minimum absolute atomic E-state index is 0.251. The molecular weight excluding hydrogens is 168 g/mol. The Bertz CT molecular complexity index is 355. The minimum Gasteiger partial charge on any atom is -0.454 e. The molecule has 13 heavy (non-hydrogen) atoms. The molecule has 1 aliphatic rings. The fraction of sp³-hybridized carbons (Fsp3) is 0.100. The second kappa shape index (κ2) is 3.31. The summed E-state index contributed by atoms with van der Waals surface area (Å²) in [4.78, 5) is 10.1. The first-order valence-corrected chi connectivity index (χ1v) is 3.92. The van der Waals surface area contributed by atoms with Crippen LogP contribution in [0.4, 0.5) is 0 Å². The van der Waals surface area contributed by atoms with E-state index >= 15 is 0 Å². The van der Waals surface area contributed by atoms with Gasteiger partial charge in [-0.3, -0.25) is 4.79 Å². The van der Waals surface area contributed by atoms with E-state index in [9.17, 15) is 4.79 Å². The molecule has 1 aromatic carbocycles. The van der Waals surface area contributed by atoms with Crippen molar-refractivity contribution < 1.29 is 14.3 Å². The van der Waals surface area contributed by atoms with Gasteiger partial charge in [0.1, 0.15) is 6.29 Å². The fourth-order valence-corrected chi connectivity index (χ4v) is 1.23. The molecule has 0 atom stereocenters. The molecule has 0 fully saturated rings. The molecule has 0 aromatic heterocycles. The smallest absolute Gasteiger partial charge is 0.231 e. The second-order valence-electron chi connectivity index (χ2n) is 2.58. The van der Waals surface area contributed by atoms with Gasteiger partial charge >= 0.3 is 0 Å². The van der Waals surface area contributed by atoms with E-state index in [0.29, 0.717) is 5.75 Å². The summed E-state index contributed by atoms with van der Waals surface area (Å²) in [7, 11) is 0. The number of carbonyl (C=O) groups is 1. The first-order chi connectivity index (χ1) is 6.42. The highest BCUT2D eigenvalue weighted by Gasteiger charge is 2.14. The molecule has 0 amide bonds. The maximum absolute atomic E-state index is 10.1. The Balaban J connectivity index is 2.41. The lowest BCUT2D eigenvalue weighted by Crippen LogP contribution is -1.93. The van der Waals surface area contributed by atoms with Gasteiger partial charge in [-0.1, -0.05) is 12.1 Å². The van der Waals surface area contributed by atoms with Crippen molar-refractivity contribution in [3.8, 4) is 11.5 Å². The highest BCUT2D eigenvalue weighted by atomic mass is 16.7. The number of allylic oxidation sites excluding steroid dienone is 1. The molecule has 0 saturated carbocycles. The Labute approximate surface area is 75.6 Å². The SMILES string of the molecule is O=CC=Cc1cccc2c1OCO2. The number of ether oxygens (including phenoxy) is 2. The number of rotatable bonds is 2. The molecule has 1 aromatic rings. The monoisotopic (exact) mass is 176 g/mol. The summed E-state index contributed by atoms with van der Waals surface area (Å²) in [5.41, 5.74) is 0.863. The molecule has 0 unspecified atom stereocenters. The summed E-state index contributed by atoms with van der Waals surface area (Å²) in [5, 5.41) is 0. The molecule has 1 heterocycles. The zero-order chi connectivity index (χ0) is 9.10. The van der Waals surface area contributed by atoms with E-state index in [0.717, 1.165) is 17.6 Å². The summed E-state index contributed by atoms with van der Waals surface area (Å²) in [6.45, 7) is 0.251. The number of fused-ring (bicyclic) bond motifs is 1. The summed E-state index contributed by atoms with van der Waals surface area (Å²) in [6.07, 6.45) is 3.85. The van der Waals surface area contributed by atoms with Gasteiger partial charge in [-0.2, -0.15) is 0 Å². The van der Waals surface area contributed by atoms with Gasteiger partial charge < -0.3 is 9.47 Å². The Hall–Kier alpha value is -1.77. The maximum Gasteiger partial charge on any atom is 0.231 e. The van der Waals surface area contributed by atoms with Crippen molar-refractivity contribution in [1.82, 2.24) is 0 Å². The molecular formula is C10H8O3. The first-order valence-electron chi connectivity index (χ1n) is 3.92. The van der Waals surface area contributed by atoms with Crippen LogP contribution in [0, 0.1) is 0 Å². The summed E-state index contributed by atoms with van der Waals surface area (Å²) < 4.78 is 10.4. The Morgan fingerprint density at radius 3 is 3.08 bits per heavy atom. The molecule has 0 saturated heterocycles. The number of para-hydroxylation sites is 1. The van der Waals surface area contributed by atoms with Gasteiger partial charge in [-0.15, -0.1) is 0 Å². The number of benzene rings is 1. The Morgan fingerprint density at radius 2 is 2.23 bits per heavy atom. The zero-order valence-corrected chi connectivity index (χ0v) is 6.90. The molecule has 0 N–H and O–H groups in total. The molecule has 3 heteroatoms. The first kappa shape index (κ1) is 7.86. The normalized spacial score (nSPS) is 13.5. The van der Waals surface area contributed by atoms with Crippen LogP contribution >= 0.6 is 0 Å². The van der Waals surface area contributed by atoms with Gasteiger partial charge in [-0.25, -0.2) is 0 Å². The van der Waals surface area contributed by atoms with E-state index in [1.165, 1.54) is 6.08 Å². The van der Waals surface area contributed by atoms with Crippen LogP contribution in [0.3, 0.4) is 0 Å². The summed E-state index contributed by atoms with van der Waals surface area (Å²) >= 11 is 0.